The molecule has 0 radical (unpaired) electrons. The van der Waals surface area contributed by atoms with E-state index in [1.54, 1.807) is 32.2 Å². The highest BCUT2D eigenvalue weighted by Gasteiger charge is 2.35. The molecule has 0 fully saturated rings. The van der Waals surface area contributed by atoms with Crippen molar-refractivity contribution in [2.75, 3.05) is 25.6 Å². The number of rotatable bonds is 5. The highest BCUT2D eigenvalue weighted by Crippen LogP contribution is 2.38. The second-order valence-corrected chi connectivity index (χ2v) is 4.16. The van der Waals surface area contributed by atoms with Gasteiger partial charge in [-0.25, -0.2) is 4.79 Å². The van der Waals surface area contributed by atoms with E-state index < -0.39 is 11.8 Å². The maximum atomic E-state index is 11.1. The van der Waals surface area contributed by atoms with E-state index in [9.17, 15) is 4.79 Å². The summed E-state index contributed by atoms with van der Waals surface area (Å²) in [5, 5.41) is 15.3. The van der Waals surface area contributed by atoms with Gasteiger partial charge in [0.15, 0.2) is 0 Å². The Labute approximate surface area is 105 Å². The van der Waals surface area contributed by atoms with Crippen molar-refractivity contribution in [3.8, 4) is 5.75 Å². The van der Waals surface area contributed by atoms with Crippen LogP contribution in [0.15, 0.2) is 18.2 Å². The first-order chi connectivity index (χ1) is 8.56. The quantitative estimate of drug-likeness (QED) is 0.681. The lowest BCUT2D eigenvalue weighted by Gasteiger charge is -2.25. The van der Waals surface area contributed by atoms with Crippen LogP contribution in [0.5, 0.6) is 5.75 Å². The smallest absolute Gasteiger partial charge is 0.337 e. The number of ether oxygens (including phenoxy) is 2. The highest BCUT2D eigenvalue weighted by atomic mass is 16.5. The second kappa shape index (κ2) is 4.83. The van der Waals surface area contributed by atoms with Gasteiger partial charge in [-0.15, -0.1) is 0 Å². The van der Waals surface area contributed by atoms with Crippen molar-refractivity contribution in [1.82, 2.24) is 5.32 Å². The fourth-order valence-corrected chi connectivity index (χ4v) is 1.88. The van der Waals surface area contributed by atoms with Crippen molar-refractivity contribution in [2.45, 2.75) is 12.8 Å². The Morgan fingerprint density at radius 1 is 1.61 bits per heavy atom. The minimum atomic E-state index is -0.982. The number of aromatic carboxylic acids is 1. The summed E-state index contributed by atoms with van der Waals surface area (Å²) in [5.74, 6) is -1.27. The van der Waals surface area contributed by atoms with Gasteiger partial charge in [-0.05, 0) is 12.1 Å². The first-order valence-electron chi connectivity index (χ1n) is 5.63. The summed E-state index contributed by atoms with van der Waals surface area (Å²) in [6, 6.07) is 4.93. The molecule has 18 heavy (non-hydrogen) atoms. The molecule has 1 aliphatic heterocycles. The van der Waals surface area contributed by atoms with Crippen LogP contribution in [0, 0.1) is 0 Å². The molecule has 6 heteroatoms. The van der Waals surface area contributed by atoms with Crippen molar-refractivity contribution < 1.29 is 19.4 Å². The molecule has 2 rings (SSSR count). The topological polar surface area (TPSA) is 79.8 Å². The molecule has 98 valence electrons. The molecule has 0 spiro atoms. The minimum absolute atomic E-state index is 0.199. The van der Waals surface area contributed by atoms with Crippen LogP contribution < -0.4 is 15.4 Å². The molecule has 3 N–H and O–H groups in total. The molecule has 0 amide bonds. The first-order valence-corrected chi connectivity index (χ1v) is 5.63. The van der Waals surface area contributed by atoms with E-state index in [0.29, 0.717) is 24.6 Å². The number of carbonyl (C=O) groups is 1. The number of hydrogen-bond acceptors (Lipinski definition) is 5. The summed E-state index contributed by atoms with van der Waals surface area (Å²) < 4.78 is 10.6. The van der Waals surface area contributed by atoms with Crippen LogP contribution >= 0.6 is 0 Å². The predicted molar refractivity (Wildman–Crippen MR) is 65.9 cm³/mol. The monoisotopic (exact) mass is 252 g/mol. The summed E-state index contributed by atoms with van der Waals surface area (Å²) >= 11 is 0. The summed E-state index contributed by atoms with van der Waals surface area (Å²) in [7, 11) is 1.62. The van der Waals surface area contributed by atoms with Crippen molar-refractivity contribution in [1.29, 1.82) is 0 Å². The van der Waals surface area contributed by atoms with Gasteiger partial charge in [0.25, 0.3) is 0 Å². The lowest BCUT2D eigenvalue weighted by atomic mass is 10.1. The molecule has 1 atom stereocenters. The van der Waals surface area contributed by atoms with E-state index in [4.69, 9.17) is 14.6 Å². The Morgan fingerprint density at radius 3 is 3.06 bits per heavy atom. The van der Waals surface area contributed by atoms with Crippen LogP contribution in [0.25, 0.3) is 0 Å². The zero-order chi connectivity index (χ0) is 13.2. The largest absolute Gasteiger partial charge is 0.478 e. The molecular formula is C12H16N2O4. The van der Waals surface area contributed by atoms with Crippen LogP contribution in [0.2, 0.25) is 0 Å². The van der Waals surface area contributed by atoms with E-state index >= 15 is 0 Å². The normalized spacial score (nSPS) is 21.0. The van der Waals surface area contributed by atoms with E-state index in [-0.39, 0.29) is 5.56 Å². The van der Waals surface area contributed by atoms with Gasteiger partial charge in [-0.2, -0.15) is 0 Å². The Morgan fingerprint density at radius 2 is 2.39 bits per heavy atom. The number of hydrogen-bond donors (Lipinski definition) is 3. The molecule has 1 heterocycles. The molecule has 0 bridgehead atoms. The first kappa shape index (κ1) is 12.7. The Hall–Kier alpha value is -1.79. The third kappa shape index (κ3) is 2.39. The Bertz CT molecular complexity index is 463. The maximum absolute atomic E-state index is 11.1. The number of methoxy groups -OCH3 is 1. The average Bonchev–Trinajstić information content (AvgIpc) is 2.65. The van der Waals surface area contributed by atoms with E-state index in [1.807, 2.05) is 0 Å². The molecule has 1 unspecified atom stereocenters. The summed E-state index contributed by atoms with van der Waals surface area (Å²) in [5.41, 5.74) is 0.696. The fraction of sp³-hybridized carbons (Fsp3) is 0.417. The predicted octanol–water partition coefficient (Wildman–Crippen LogP) is 1.10. The van der Waals surface area contributed by atoms with Crippen LogP contribution in [-0.2, 0) is 4.74 Å². The van der Waals surface area contributed by atoms with Crippen molar-refractivity contribution in [3.63, 3.8) is 0 Å². The fourth-order valence-electron chi connectivity index (χ4n) is 1.88. The van der Waals surface area contributed by atoms with Crippen LogP contribution in [0.4, 0.5) is 5.69 Å². The molecule has 6 nitrogen and oxygen atoms in total. The maximum Gasteiger partial charge on any atom is 0.337 e. The van der Waals surface area contributed by atoms with Gasteiger partial charge in [-0.3, -0.25) is 5.32 Å². The van der Waals surface area contributed by atoms with E-state index in [1.165, 1.54) is 0 Å². The standard InChI is InChI=1S/C12H16N2O4/c1-12(13-6-7-17-2)14-10-8(11(15)16)4-3-5-9(10)18-12/h3-5,13-14H,6-7H2,1-2H3,(H,15,16). The number of benzene rings is 1. The number of fused-ring (bicyclic) bond motifs is 1. The third-order valence-electron chi connectivity index (χ3n) is 2.70. The van der Waals surface area contributed by atoms with Gasteiger partial charge in [0.05, 0.1) is 17.9 Å². The Balaban J connectivity index is 2.16. The van der Waals surface area contributed by atoms with Gasteiger partial charge in [-0.1, -0.05) is 6.07 Å². The van der Waals surface area contributed by atoms with Crippen LogP contribution in [0.3, 0.4) is 0 Å². The van der Waals surface area contributed by atoms with Crippen molar-refractivity contribution in [3.05, 3.63) is 23.8 Å². The van der Waals surface area contributed by atoms with Gasteiger partial charge in [0.2, 0.25) is 5.85 Å². The molecule has 0 saturated heterocycles. The number of carboxylic acids is 1. The number of carboxylic acid groups (broad SMARTS) is 1. The summed E-state index contributed by atoms with van der Waals surface area (Å²) in [4.78, 5) is 11.1. The van der Waals surface area contributed by atoms with Gasteiger partial charge in [0.1, 0.15) is 5.75 Å². The number of nitrogens with one attached hydrogen (secondary N) is 2. The summed E-state index contributed by atoms with van der Waals surface area (Å²) in [6.07, 6.45) is 0. The SMILES string of the molecule is COCCNC1(C)Nc2c(cccc2C(=O)O)O1. The third-order valence-corrected chi connectivity index (χ3v) is 2.70. The zero-order valence-electron chi connectivity index (χ0n) is 10.3. The molecule has 1 aromatic carbocycles. The van der Waals surface area contributed by atoms with E-state index in [2.05, 4.69) is 10.6 Å². The second-order valence-electron chi connectivity index (χ2n) is 4.16. The molecule has 1 aromatic rings. The average molecular weight is 252 g/mol. The minimum Gasteiger partial charge on any atom is -0.478 e. The molecule has 1 aliphatic rings. The molecular weight excluding hydrogens is 236 g/mol. The molecule has 0 saturated carbocycles. The number of para-hydroxylation sites is 1. The lowest BCUT2D eigenvalue weighted by molar-refractivity contribution is 0.0698. The van der Waals surface area contributed by atoms with Gasteiger partial charge >= 0.3 is 5.97 Å². The molecule has 0 aliphatic carbocycles. The number of anilines is 1. The van der Waals surface area contributed by atoms with E-state index in [0.717, 1.165) is 0 Å². The summed E-state index contributed by atoms with van der Waals surface area (Å²) in [6.45, 7) is 2.94. The van der Waals surface area contributed by atoms with Gasteiger partial charge in [0, 0.05) is 20.6 Å². The van der Waals surface area contributed by atoms with Gasteiger partial charge < -0.3 is 19.9 Å². The van der Waals surface area contributed by atoms with Crippen LogP contribution in [0.1, 0.15) is 17.3 Å². The van der Waals surface area contributed by atoms with Crippen molar-refractivity contribution >= 4 is 11.7 Å². The highest BCUT2D eigenvalue weighted by molar-refractivity contribution is 5.96. The van der Waals surface area contributed by atoms with Crippen LogP contribution in [-0.4, -0.2) is 37.2 Å². The lowest BCUT2D eigenvalue weighted by Crippen LogP contribution is -2.52. The Kier molecular flexibility index (Phi) is 3.40. The molecule has 0 aromatic heterocycles. The zero-order valence-corrected chi connectivity index (χ0v) is 10.3. The van der Waals surface area contributed by atoms with Crippen molar-refractivity contribution in [2.24, 2.45) is 0 Å².